The Labute approximate surface area is 192 Å². The third-order valence-electron chi connectivity index (χ3n) is 5.25. The van der Waals surface area contributed by atoms with Gasteiger partial charge in [0.25, 0.3) is 0 Å². The van der Waals surface area contributed by atoms with Crippen molar-refractivity contribution >= 4 is 11.9 Å². The second kappa shape index (κ2) is 26.9. The van der Waals surface area contributed by atoms with Crippen LogP contribution < -0.4 is 5.32 Å². The first-order valence-electron chi connectivity index (χ1n) is 12.7. The molecule has 0 atom stereocenters. The van der Waals surface area contributed by atoms with Crippen LogP contribution in [-0.4, -0.2) is 60.8 Å². The SMILES string of the molecule is CCCCCCCCCCCCCCCCCC(=O)NCCCN(C)C.O=C(O)CO. The maximum atomic E-state index is 11.7. The predicted molar refractivity (Wildman–Crippen MR) is 130 cm³/mol. The van der Waals surface area contributed by atoms with Crippen molar-refractivity contribution in [1.82, 2.24) is 10.2 Å². The Morgan fingerprint density at radius 1 is 0.710 bits per heavy atom. The van der Waals surface area contributed by atoms with Crippen LogP contribution in [0.4, 0.5) is 0 Å². The summed E-state index contributed by atoms with van der Waals surface area (Å²) in [6, 6.07) is 0. The summed E-state index contributed by atoms with van der Waals surface area (Å²) in [7, 11) is 4.13. The number of aliphatic hydroxyl groups excluding tert-OH is 1. The number of amides is 1. The largest absolute Gasteiger partial charge is 0.480 e. The van der Waals surface area contributed by atoms with Crippen LogP contribution >= 0.6 is 0 Å². The van der Waals surface area contributed by atoms with Crippen LogP contribution in [0.25, 0.3) is 0 Å². The van der Waals surface area contributed by atoms with Gasteiger partial charge in [0.1, 0.15) is 6.61 Å². The molecule has 6 heteroatoms. The molecule has 0 saturated carbocycles. The van der Waals surface area contributed by atoms with Crippen LogP contribution in [0.15, 0.2) is 0 Å². The van der Waals surface area contributed by atoms with Crippen LogP contribution in [0.1, 0.15) is 116 Å². The first-order chi connectivity index (χ1) is 14.9. The van der Waals surface area contributed by atoms with Crippen LogP contribution in [-0.2, 0) is 9.59 Å². The minimum Gasteiger partial charge on any atom is -0.480 e. The molecule has 0 aliphatic rings. The lowest BCUT2D eigenvalue weighted by molar-refractivity contribution is -0.140. The predicted octanol–water partition coefficient (Wildman–Crippen LogP) is 5.38. The van der Waals surface area contributed by atoms with Crippen LogP contribution in [0.5, 0.6) is 0 Å². The molecule has 0 aromatic heterocycles. The van der Waals surface area contributed by atoms with Gasteiger partial charge >= 0.3 is 5.97 Å². The lowest BCUT2D eigenvalue weighted by atomic mass is 10.0. The van der Waals surface area contributed by atoms with Gasteiger partial charge in [-0.25, -0.2) is 4.79 Å². The Bertz CT molecular complexity index is 390. The Balaban J connectivity index is 0. The summed E-state index contributed by atoms with van der Waals surface area (Å²) < 4.78 is 0. The summed E-state index contributed by atoms with van der Waals surface area (Å²) >= 11 is 0. The third kappa shape index (κ3) is 33.7. The van der Waals surface area contributed by atoms with E-state index < -0.39 is 12.6 Å². The van der Waals surface area contributed by atoms with Gasteiger partial charge < -0.3 is 20.4 Å². The van der Waals surface area contributed by atoms with E-state index in [9.17, 15) is 4.79 Å². The molecule has 0 radical (unpaired) electrons. The molecule has 0 aromatic rings. The fourth-order valence-corrected chi connectivity index (χ4v) is 3.37. The molecule has 0 aliphatic heterocycles. The molecular formula is C25H52N2O4. The van der Waals surface area contributed by atoms with Crippen molar-refractivity contribution < 1.29 is 19.8 Å². The molecule has 0 heterocycles. The normalized spacial score (nSPS) is 10.6. The Kier molecular flexibility index (Phi) is 27.8. The molecule has 3 N–H and O–H groups in total. The summed E-state index contributed by atoms with van der Waals surface area (Å²) in [4.78, 5) is 23.0. The zero-order valence-electron chi connectivity index (χ0n) is 20.8. The third-order valence-corrected chi connectivity index (χ3v) is 5.25. The highest BCUT2D eigenvalue weighted by Gasteiger charge is 2.01. The molecule has 0 unspecified atom stereocenters. The number of hydrogen-bond acceptors (Lipinski definition) is 4. The summed E-state index contributed by atoms with van der Waals surface area (Å²) in [5.74, 6) is -0.955. The van der Waals surface area contributed by atoms with Gasteiger partial charge in [-0.1, -0.05) is 96.8 Å². The van der Waals surface area contributed by atoms with Crippen molar-refractivity contribution in [2.45, 2.75) is 116 Å². The van der Waals surface area contributed by atoms with E-state index in [-0.39, 0.29) is 5.91 Å². The number of nitrogens with zero attached hydrogens (tertiary/aromatic N) is 1. The zero-order valence-corrected chi connectivity index (χ0v) is 20.8. The minimum absolute atomic E-state index is 0.235. The van der Waals surface area contributed by atoms with Gasteiger partial charge in [0.2, 0.25) is 5.91 Å². The molecule has 0 spiro atoms. The number of aliphatic hydroxyl groups is 1. The Morgan fingerprint density at radius 2 is 1.10 bits per heavy atom. The molecule has 0 aliphatic carbocycles. The van der Waals surface area contributed by atoms with E-state index in [0.717, 1.165) is 25.9 Å². The van der Waals surface area contributed by atoms with Crippen LogP contribution in [0.2, 0.25) is 0 Å². The number of aliphatic carboxylic acids is 1. The Hall–Kier alpha value is -1.14. The number of unbranched alkanes of at least 4 members (excludes halogenated alkanes) is 14. The summed E-state index contributed by atoms with van der Waals surface area (Å²) in [6.07, 6.45) is 22.3. The van der Waals surface area contributed by atoms with Crippen molar-refractivity contribution in [3.8, 4) is 0 Å². The maximum Gasteiger partial charge on any atom is 0.329 e. The fraction of sp³-hybridized carbons (Fsp3) is 0.920. The molecule has 0 fully saturated rings. The molecule has 186 valence electrons. The number of hydrogen-bond donors (Lipinski definition) is 3. The summed E-state index contributed by atoms with van der Waals surface area (Å²) in [6.45, 7) is 3.36. The molecule has 0 saturated heterocycles. The van der Waals surface area contributed by atoms with E-state index >= 15 is 0 Å². The van der Waals surface area contributed by atoms with Crippen LogP contribution in [0, 0.1) is 0 Å². The van der Waals surface area contributed by atoms with Crippen molar-refractivity contribution in [3.63, 3.8) is 0 Å². The number of rotatable bonds is 21. The molecule has 31 heavy (non-hydrogen) atoms. The molecule has 0 rings (SSSR count). The lowest BCUT2D eigenvalue weighted by Gasteiger charge is -2.09. The van der Waals surface area contributed by atoms with Gasteiger partial charge in [-0.2, -0.15) is 0 Å². The molecule has 6 nitrogen and oxygen atoms in total. The van der Waals surface area contributed by atoms with Gasteiger partial charge in [-0.15, -0.1) is 0 Å². The van der Waals surface area contributed by atoms with E-state index in [2.05, 4.69) is 31.2 Å². The lowest BCUT2D eigenvalue weighted by Crippen LogP contribution is -2.26. The van der Waals surface area contributed by atoms with E-state index in [1.165, 1.54) is 89.9 Å². The first-order valence-corrected chi connectivity index (χ1v) is 12.7. The molecule has 0 aromatic carbocycles. The monoisotopic (exact) mass is 444 g/mol. The van der Waals surface area contributed by atoms with Crippen molar-refractivity contribution in [2.75, 3.05) is 33.8 Å². The molecule has 1 amide bonds. The Morgan fingerprint density at radius 3 is 1.45 bits per heavy atom. The highest BCUT2D eigenvalue weighted by Crippen LogP contribution is 2.13. The first kappa shape index (κ1) is 32.0. The highest BCUT2D eigenvalue weighted by atomic mass is 16.4. The number of carboxylic acid groups (broad SMARTS) is 1. The molecule has 0 bridgehead atoms. The average Bonchev–Trinajstić information content (AvgIpc) is 2.74. The van der Waals surface area contributed by atoms with E-state index in [4.69, 9.17) is 15.0 Å². The van der Waals surface area contributed by atoms with Crippen LogP contribution in [0.3, 0.4) is 0 Å². The van der Waals surface area contributed by atoms with E-state index in [0.29, 0.717) is 6.42 Å². The quantitative estimate of drug-likeness (QED) is 0.207. The summed E-state index contributed by atoms with van der Waals surface area (Å²) in [5.41, 5.74) is 0. The number of nitrogens with one attached hydrogen (secondary N) is 1. The van der Waals surface area contributed by atoms with Gasteiger partial charge in [0.15, 0.2) is 0 Å². The zero-order chi connectivity index (χ0) is 23.6. The smallest absolute Gasteiger partial charge is 0.329 e. The fourth-order valence-electron chi connectivity index (χ4n) is 3.37. The van der Waals surface area contributed by atoms with Crippen molar-refractivity contribution in [2.24, 2.45) is 0 Å². The summed E-state index contributed by atoms with van der Waals surface area (Å²) in [5, 5.41) is 18.0. The number of carbonyl (C=O) groups excluding carboxylic acids is 1. The van der Waals surface area contributed by atoms with Gasteiger partial charge in [0.05, 0.1) is 0 Å². The maximum absolute atomic E-state index is 11.7. The standard InChI is InChI=1S/C23H48N2O.C2H4O3/c1-4-5-6-7-8-9-10-11-12-13-14-15-16-17-18-20-23(26)24-21-19-22-25(2)3;3-1-2(4)5/h4-22H2,1-3H3,(H,24,26);3H,1H2,(H,4,5). The molecular weight excluding hydrogens is 392 g/mol. The highest BCUT2D eigenvalue weighted by molar-refractivity contribution is 5.75. The van der Waals surface area contributed by atoms with E-state index in [1.54, 1.807) is 0 Å². The van der Waals surface area contributed by atoms with Gasteiger partial charge in [0, 0.05) is 13.0 Å². The average molecular weight is 445 g/mol. The van der Waals surface area contributed by atoms with Crippen molar-refractivity contribution in [3.05, 3.63) is 0 Å². The van der Waals surface area contributed by atoms with Gasteiger partial charge in [-0.05, 0) is 33.5 Å². The number of carbonyl (C=O) groups is 2. The topological polar surface area (TPSA) is 89.9 Å². The second-order valence-corrected chi connectivity index (χ2v) is 8.76. The van der Waals surface area contributed by atoms with Crippen molar-refractivity contribution in [1.29, 1.82) is 0 Å². The second-order valence-electron chi connectivity index (χ2n) is 8.76. The van der Waals surface area contributed by atoms with E-state index in [1.807, 2.05) is 0 Å². The minimum atomic E-state index is -1.19. The van der Waals surface area contributed by atoms with Gasteiger partial charge in [-0.3, -0.25) is 4.79 Å². The number of carboxylic acids is 1.